The van der Waals surface area contributed by atoms with E-state index < -0.39 is 6.29 Å². The van der Waals surface area contributed by atoms with E-state index in [1.807, 2.05) is 36.4 Å². The summed E-state index contributed by atoms with van der Waals surface area (Å²) in [5, 5.41) is 9.93. The van der Waals surface area contributed by atoms with Gasteiger partial charge in [-0.15, -0.1) is 0 Å². The van der Waals surface area contributed by atoms with Crippen LogP contribution in [0.2, 0.25) is 0 Å². The van der Waals surface area contributed by atoms with Crippen molar-refractivity contribution in [3.8, 4) is 11.5 Å². The summed E-state index contributed by atoms with van der Waals surface area (Å²) in [6.45, 7) is 0. The number of hydrogen-bond donors (Lipinski definition) is 1. The lowest BCUT2D eigenvalue weighted by Gasteiger charge is -2.28. The Morgan fingerprint density at radius 3 is 2.71 bits per heavy atom. The molecule has 2 atom stereocenters. The molecule has 1 aliphatic heterocycles. The summed E-state index contributed by atoms with van der Waals surface area (Å²) < 4.78 is 10.8. The van der Waals surface area contributed by atoms with Crippen LogP contribution >= 0.6 is 0 Å². The molecule has 3 rings (SSSR count). The Balaban J connectivity index is 1.93. The summed E-state index contributed by atoms with van der Waals surface area (Å²) in [5.41, 5.74) is 2.19. The molecular formula is C18H18O3. The second kappa shape index (κ2) is 6.02. The molecule has 0 aliphatic carbocycles. The van der Waals surface area contributed by atoms with Crippen LogP contribution in [0.15, 0.2) is 54.6 Å². The fourth-order valence-electron chi connectivity index (χ4n) is 2.61. The highest BCUT2D eigenvalue weighted by Crippen LogP contribution is 2.42. The maximum absolute atomic E-state index is 9.93. The predicted octanol–water partition coefficient (Wildman–Crippen LogP) is 3.59. The second-order valence-corrected chi connectivity index (χ2v) is 5.06. The van der Waals surface area contributed by atoms with E-state index in [-0.39, 0.29) is 5.92 Å². The summed E-state index contributed by atoms with van der Waals surface area (Å²) in [6, 6.07) is 15.9. The van der Waals surface area contributed by atoms with Crippen LogP contribution in [0.3, 0.4) is 0 Å². The van der Waals surface area contributed by atoms with Gasteiger partial charge in [0.1, 0.15) is 0 Å². The van der Waals surface area contributed by atoms with Gasteiger partial charge in [-0.2, -0.15) is 0 Å². The van der Waals surface area contributed by atoms with Crippen molar-refractivity contribution < 1.29 is 14.6 Å². The third-order valence-electron chi connectivity index (χ3n) is 3.66. The van der Waals surface area contributed by atoms with E-state index >= 15 is 0 Å². The van der Waals surface area contributed by atoms with Gasteiger partial charge in [-0.25, -0.2) is 0 Å². The van der Waals surface area contributed by atoms with Gasteiger partial charge in [0.05, 0.1) is 7.11 Å². The SMILES string of the molecule is COc1cccc2c1OC(O)CC2/C=C/c1ccccc1. The van der Waals surface area contributed by atoms with Crippen LogP contribution < -0.4 is 9.47 Å². The third kappa shape index (κ3) is 2.93. The molecule has 0 bridgehead atoms. The Hall–Kier alpha value is -2.26. The number of aliphatic hydroxyl groups excluding tert-OH is 1. The maximum Gasteiger partial charge on any atom is 0.198 e. The largest absolute Gasteiger partial charge is 0.493 e. The molecule has 1 N–H and O–H groups in total. The number of allylic oxidation sites excluding steroid dienone is 1. The van der Waals surface area contributed by atoms with E-state index in [4.69, 9.17) is 9.47 Å². The molecule has 2 unspecified atom stereocenters. The molecule has 0 radical (unpaired) electrons. The quantitative estimate of drug-likeness (QED) is 0.935. The standard InChI is InChI=1S/C18H18O3/c1-20-16-9-5-8-15-14(12-17(19)21-18(15)16)11-10-13-6-3-2-4-7-13/h2-11,14,17,19H,12H2,1H3/b11-10+. The monoisotopic (exact) mass is 282 g/mol. The van der Waals surface area contributed by atoms with Crippen molar-refractivity contribution in [3.05, 3.63) is 65.7 Å². The first kappa shape index (κ1) is 13.7. The smallest absolute Gasteiger partial charge is 0.198 e. The fourth-order valence-corrected chi connectivity index (χ4v) is 2.61. The first-order chi connectivity index (χ1) is 10.3. The minimum atomic E-state index is -0.806. The van der Waals surface area contributed by atoms with Crippen molar-refractivity contribution in [2.24, 2.45) is 0 Å². The van der Waals surface area contributed by atoms with Gasteiger partial charge in [0, 0.05) is 17.9 Å². The van der Waals surface area contributed by atoms with Crippen molar-refractivity contribution in [1.29, 1.82) is 0 Å². The summed E-state index contributed by atoms with van der Waals surface area (Å²) in [5.74, 6) is 1.41. The minimum Gasteiger partial charge on any atom is -0.493 e. The number of ether oxygens (including phenoxy) is 2. The van der Waals surface area contributed by atoms with Crippen LogP contribution in [0.25, 0.3) is 6.08 Å². The number of benzene rings is 2. The summed E-state index contributed by atoms with van der Waals surface area (Å²) in [6.07, 6.45) is 3.92. The Labute approximate surface area is 124 Å². The van der Waals surface area contributed by atoms with Crippen molar-refractivity contribution in [2.45, 2.75) is 18.6 Å². The summed E-state index contributed by atoms with van der Waals surface area (Å²) in [7, 11) is 1.61. The number of aliphatic hydroxyl groups is 1. The van der Waals surface area contributed by atoms with E-state index in [2.05, 4.69) is 24.3 Å². The molecular weight excluding hydrogens is 264 g/mol. The van der Waals surface area contributed by atoms with Crippen LogP contribution in [0.5, 0.6) is 11.5 Å². The molecule has 0 saturated heterocycles. The van der Waals surface area contributed by atoms with E-state index in [0.717, 1.165) is 11.1 Å². The zero-order valence-electron chi connectivity index (χ0n) is 11.9. The number of para-hydroxylation sites is 1. The van der Waals surface area contributed by atoms with E-state index in [0.29, 0.717) is 17.9 Å². The second-order valence-electron chi connectivity index (χ2n) is 5.06. The average Bonchev–Trinajstić information content (AvgIpc) is 2.53. The lowest BCUT2D eigenvalue weighted by molar-refractivity contribution is -0.0369. The zero-order chi connectivity index (χ0) is 14.7. The average molecular weight is 282 g/mol. The lowest BCUT2D eigenvalue weighted by Crippen LogP contribution is -2.24. The van der Waals surface area contributed by atoms with E-state index in [1.54, 1.807) is 7.11 Å². The molecule has 0 saturated carbocycles. The third-order valence-corrected chi connectivity index (χ3v) is 3.66. The van der Waals surface area contributed by atoms with Gasteiger partial charge < -0.3 is 14.6 Å². The lowest BCUT2D eigenvalue weighted by atomic mass is 9.91. The molecule has 108 valence electrons. The summed E-state index contributed by atoms with van der Waals surface area (Å²) >= 11 is 0. The van der Waals surface area contributed by atoms with Gasteiger partial charge >= 0.3 is 0 Å². The zero-order valence-corrected chi connectivity index (χ0v) is 11.9. The van der Waals surface area contributed by atoms with E-state index in [9.17, 15) is 5.11 Å². The number of fused-ring (bicyclic) bond motifs is 1. The molecule has 2 aromatic rings. The first-order valence-corrected chi connectivity index (χ1v) is 7.03. The molecule has 0 aromatic heterocycles. The Bertz CT molecular complexity index is 634. The van der Waals surface area contributed by atoms with Gasteiger partial charge in [0.2, 0.25) is 0 Å². The normalized spacial score (nSPS) is 20.9. The van der Waals surface area contributed by atoms with Crippen LogP contribution in [0, 0.1) is 0 Å². The molecule has 0 spiro atoms. The number of rotatable bonds is 3. The van der Waals surface area contributed by atoms with Crippen LogP contribution in [0.4, 0.5) is 0 Å². The number of methoxy groups -OCH3 is 1. The number of hydrogen-bond acceptors (Lipinski definition) is 3. The molecule has 1 aliphatic rings. The molecule has 21 heavy (non-hydrogen) atoms. The van der Waals surface area contributed by atoms with E-state index in [1.165, 1.54) is 0 Å². The molecule has 2 aromatic carbocycles. The fraction of sp³-hybridized carbons (Fsp3) is 0.222. The van der Waals surface area contributed by atoms with Crippen LogP contribution in [-0.4, -0.2) is 18.5 Å². The van der Waals surface area contributed by atoms with Crippen molar-refractivity contribution in [2.75, 3.05) is 7.11 Å². The van der Waals surface area contributed by atoms with Crippen molar-refractivity contribution >= 4 is 6.08 Å². The van der Waals surface area contributed by atoms with Gasteiger partial charge in [0.25, 0.3) is 0 Å². The molecule has 1 heterocycles. The topological polar surface area (TPSA) is 38.7 Å². The molecule has 0 amide bonds. The maximum atomic E-state index is 9.93. The van der Waals surface area contributed by atoms with Crippen molar-refractivity contribution in [3.63, 3.8) is 0 Å². The minimum absolute atomic E-state index is 0.110. The van der Waals surface area contributed by atoms with Gasteiger partial charge in [-0.05, 0) is 11.6 Å². The predicted molar refractivity (Wildman–Crippen MR) is 82.5 cm³/mol. The molecule has 3 heteroatoms. The Morgan fingerprint density at radius 2 is 1.95 bits per heavy atom. The van der Waals surface area contributed by atoms with Gasteiger partial charge in [0.15, 0.2) is 17.8 Å². The highest BCUT2D eigenvalue weighted by Gasteiger charge is 2.27. The summed E-state index contributed by atoms with van der Waals surface area (Å²) in [4.78, 5) is 0. The van der Waals surface area contributed by atoms with Crippen molar-refractivity contribution in [1.82, 2.24) is 0 Å². The highest BCUT2D eigenvalue weighted by atomic mass is 16.6. The van der Waals surface area contributed by atoms with Gasteiger partial charge in [-0.1, -0.05) is 54.6 Å². The Morgan fingerprint density at radius 1 is 1.14 bits per heavy atom. The first-order valence-electron chi connectivity index (χ1n) is 7.03. The highest BCUT2D eigenvalue weighted by molar-refractivity contribution is 5.55. The van der Waals surface area contributed by atoms with Crippen LogP contribution in [-0.2, 0) is 0 Å². The van der Waals surface area contributed by atoms with Crippen LogP contribution in [0.1, 0.15) is 23.5 Å². The molecule has 3 nitrogen and oxygen atoms in total. The Kier molecular flexibility index (Phi) is 3.93. The molecule has 0 fully saturated rings. The van der Waals surface area contributed by atoms with Gasteiger partial charge in [-0.3, -0.25) is 0 Å².